The van der Waals surface area contributed by atoms with Crippen molar-refractivity contribution in [2.24, 2.45) is 0 Å². The maximum absolute atomic E-state index is 12.5. The van der Waals surface area contributed by atoms with Crippen molar-refractivity contribution in [2.45, 2.75) is 40.3 Å². The van der Waals surface area contributed by atoms with Crippen molar-refractivity contribution in [1.82, 2.24) is 20.4 Å². The topological polar surface area (TPSA) is 76.0 Å². The second-order valence-corrected chi connectivity index (χ2v) is 7.68. The molecule has 0 unspecified atom stereocenters. The summed E-state index contributed by atoms with van der Waals surface area (Å²) in [5, 5.41) is 11.1. The van der Waals surface area contributed by atoms with Crippen LogP contribution in [0.1, 0.15) is 40.3 Å². The number of aryl methyl sites for hydroxylation is 2. The first kappa shape index (κ1) is 19.1. The van der Waals surface area contributed by atoms with Crippen LogP contribution < -0.4 is 10.6 Å². The van der Waals surface area contributed by atoms with Crippen molar-refractivity contribution < 1.29 is 9.59 Å². The summed E-state index contributed by atoms with van der Waals surface area (Å²) in [5.41, 5.74) is 3.27. The first-order valence-corrected chi connectivity index (χ1v) is 9.81. The Morgan fingerprint density at radius 3 is 2.59 bits per heavy atom. The Bertz CT molecular complexity index is 972. The summed E-state index contributed by atoms with van der Waals surface area (Å²) in [6, 6.07) is 9.62. The highest BCUT2D eigenvalue weighted by atomic mass is 32.1. The average molecular weight is 385 g/mol. The van der Waals surface area contributed by atoms with Crippen molar-refractivity contribution in [1.29, 1.82) is 0 Å². The van der Waals surface area contributed by atoms with Crippen LogP contribution in [0.25, 0.3) is 10.2 Å². The van der Waals surface area contributed by atoms with E-state index in [0.29, 0.717) is 18.0 Å². The predicted octanol–water partition coefficient (Wildman–Crippen LogP) is 3.02. The zero-order valence-corrected chi connectivity index (χ0v) is 16.8. The van der Waals surface area contributed by atoms with Crippen molar-refractivity contribution in [3.63, 3.8) is 0 Å². The summed E-state index contributed by atoms with van der Waals surface area (Å²) in [7, 11) is 0. The van der Waals surface area contributed by atoms with Gasteiger partial charge in [0.1, 0.15) is 10.9 Å². The van der Waals surface area contributed by atoms with Gasteiger partial charge in [0.05, 0.1) is 17.1 Å². The number of nitrogens with zero attached hydrogens (tertiary/aromatic N) is 2. The maximum atomic E-state index is 12.5. The number of amides is 2. The van der Waals surface area contributed by atoms with Crippen LogP contribution in [0.4, 0.5) is 0 Å². The van der Waals surface area contributed by atoms with Gasteiger partial charge in [0.25, 0.3) is 5.91 Å². The largest absolute Gasteiger partial charge is 0.355 e. The maximum Gasteiger partial charge on any atom is 0.262 e. The van der Waals surface area contributed by atoms with Gasteiger partial charge < -0.3 is 10.6 Å². The van der Waals surface area contributed by atoms with Crippen LogP contribution >= 0.6 is 11.3 Å². The predicted molar refractivity (Wildman–Crippen MR) is 108 cm³/mol. The van der Waals surface area contributed by atoms with E-state index in [1.807, 2.05) is 24.6 Å². The number of likely N-dealkylation sites (N-methyl/N-ethyl adjacent to an activating group) is 1. The first-order chi connectivity index (χ1) is 12.9. The quantitative estimate of drug-likeness (QED) is 0.686. The smallest absolute Gasteiger partial charge is 0.262 e. The van der Waals surface area contributed by atoms with E-state index in [-0.39, 0.29) is 11.8 Å². The number of carbonyl (C=O) groups excluding carboxylic acids is 2. The Morgan fingerprint density at radius 2 is 1.93 bits per heavy atom. The van der Waals surface area contributed by atoms with Gasteiger partial charge in [-0.3, -0.25) is 14.3 Å². The van der Waals surface area contributed by atoms with Gasteiger partial charge in [-0.15, -0.1) is 11.3 Å². The monoisotopic (exact) mass is 384 g/mol. The summed E-state index contributed by atoms with van der Waals surface area (Å²) in [6.07, 6.45) is 0. The number of fused-ring (bicyclic) bond motifs is 1. The number of aromatic nitrogens is 2. The van der Waals surface area contributed by atoms with Gasteiger partial charge in [0.15, 0.2) is 0 Å². The van der Waals surface area contributed by atoms with E-state index < -0.39 is 6.04 Å². The Morgan fingerprint density at radius 1 is 1.22 bits per heavy atom. The third kappa shape index (κ3) is 4.19. The first-order valence-electron chi connectivity index (χ1n) is 9.00. The summed E-state index contributed by atoms with van der Waals surface area (Å²) in [5.74, 6) is -0.426. The van der Waals surface area contributed by atoms with Crippen molar-refractivity contribution >= 4 is 33.4 Å². The molecule has 0 radical (unpaired) electrons. The molecule has 6 nitrogen and oxygen atoms in total. The molecule has 1 aromatic carbocycles. The fourth-order valence-corrected chi connectivity index (χ4v) is 3.92. The lowest BCUT2D eigenvalue weighted by Gasteiger charge is -2.12. The Hall–Kier alpha value is -2.67. The molecule has 0 fully saturated rings. The normalized spacial score (nSPS) is 12.1. The second kappa shape index (κ2) is 7.92. The molecule has 0 spiro atoms. The SMILES string of the molecule is CCNC(=O)[C@@H](C)NC(=O)c1cc2c(C)nn(Cc3ccc(C)cc3)c2s1. The second-order valence-electron chi connectivity index (χ2n) is 6.65. The molecule has 2 heterocycles. The molecule has 2 aromatic heterocycles. The fraction of sp³-hybridized carbons (Fsp3) is 0.350. The van der Waals surface area contributed by atoms with Crippen LogP contribution in [0.3, 0.4) is 0 Å². The molecular weight excluding hydrogens is 360 g/mol. The standard InChI is InChI=1S/C20H24N4O2S/c1-5-21-18(25)14(4)22-19(26)17-10-16-13(3)23-24(20(16)27-17)11-15-8-6-12(2)7-9-15/h6-10,14H,5,11H2,1-4H3,(H,21,25)(H,22,26)/t14-/m1/s1. The lowest BCUT2D eigenvalue weighted by atomic mass is 10.1. The highest BCUT2D eigenvalue weighted by Gasteiger charge is 2.20. The molecule has 2 amide bonds. The van der Waals surface area contributed by atoms with E-state index in [2.05, 4.69) is 46.9 Å². The highest BCUT2D eigenvalue weighted by Crippen LogP contribution is 2.29. The fourth-order valence-electron chi connectivity index (χ4n) is 2.86. The molecule has 1 atom stereocenters. The van der Waals surface area contributed by atoms with Crippen molar-refractivity contribution in [3.05, 3.63) is 52.0 Å². The van der Waals surface area contributed by atoms with Gasteiger partial charge in [0, 0.05) is 11.9 Å². The van der Waals surface area contributed by atoms with Crippen LogP contribution in [0, 0.1) is 13.8 Å². The lowest BCUT2D eigenvalue weighted by Crippen LogP contribution is -2.44. The minimum atomic E-state index is -0.576. The Labute approximate surface area is 162 Å². The molecular formula is C20H24N4O2S. The summed E-state index contributed by atoms with van der Waals surface area (Å²) < 4.78 is 1.93. The minimum absolute atomic E-state index is 0.186. The molecule has 142 valence electrons. The summed E-state index contributed by atoms with van der Waals surface area (Å²) in [6.45, 7) is 8.73. The lowest BCUT2D eigenvalue weighted by molar-refractivity contribution is -0.122. The number of nitrogens with one attached hydrogen (secondary N) is 2. The van der Waals surface area contributed by atoms with Crippen molar-refractivity contribution in [2.75, 3.05) is 6.54 Å². The van der Waals surface area contributed by atoms with E-state index in [9.17, 15) is 9.59 Å². The van der Waals surface area contributed by atoms with Gasteiger partial charge in [-0.1, -0.05) is 29.8 Å². The van der Waals surface area contributed by atoms with Crippen LogP contribution in [0.2, 0.25) is 0 Å². The van der Waals surface area contributed by atoms with E-state index in [4.69, 9.17) is 0 Å². The van der Waals surface area contributed by atoms with Crippen LogP contribution in [-0.2, 0) is 11.3 Å². The molecule has 0 saturated carbocycles. The van der Waals surface area contributed by atoms with E-state index in [1.165, 1.54) is 16.9 Å². The summed E-state index contributed by atoms with van der Waals surface area (Å²) in [4.78, 5) is 25.9. The average Bonchev–Trinajstić information content (AvgIpc) is 3.19. The van der Waals surface area contributed by atoms with Gasteiger partial charge in [-0.2, -0.15) is 5.10 Å². The van der Waals surface area contributed by atoms with Gasteiger partial charge in [-0.05, 0) is 39.3 Å². The number of thiophene rings is 1. The van der Waals surface area contributed by atoms with Crippen LogP contribution in [0.5, 0.6) is 0 Å². The van der Waals surface area contributed by atoms with E-state index >= 15 is 0 Å². The molecule has 7 heteroatoms. The number of benzene rings is 1. The molecule has 0 bridgehead atoms. The van der Waals surface area contributed by atoms with Crippen molar-refractivity contribution in [3.8, 4) is 0 Å². The molecule has 0 aliphatic heterocycles. The number of hydrogen-bond acceptors (Lipinski definition) is 4. The molecule has 0 aliphatic carbocycles. The van der Waals surface area contributed by atoms with Crippen LogP contribution in [-0.4, -0.2) is 34.2 Å². The van der Waals surface area contributed by atoms with E-state index in [0.717, 1.165) is 21.5 Å². The molecule has 0 saturated heterocycles. The highest BCUT2D eigenvalue weighted by molar-refractivity contribution is 7.20. The molecule has 0 aliphatic rings. The Kier molecular flexibility index (Phi) is 5.60. The van der Waals surface area contributed by atoms with Gasteiger partial charge in [-0.25, -0.2) is 0 Å². The number of rotatable bonds is 6. The summed E-state index contributed by atoms with van der Waals surface area (Å²) >= 11 is 1.40. The molecule has 3 rings (SSSR count). The van der Waals surface area contributed by atoms with Crippen LogP contribution in [0.15, 0.2) is 30.3 Å². The van der Waals surface area contributed by atoms with E-state index in [1.54, 1.807) is 6.92 Å². The van der Waals surface area contributed by atoms with Gasteiger partial charge >= 0.3 is 0 Å². The zero-order valence-electron chi connectivity index (χ0n) is 16.0. The number of carbonyl (C=O) groups is 2. The van der Waals surface area contributed by atoms with Gasteiger partial charge in [0.2, 0.25) is 5.91 Å². The third-order valence-corrected chi connectivity index (χ3v) is 5.52. The minimum Gasteiger partial charge on any atom is -0.355 e. The molecule has 27 heavy (non-hydrogen) atoms. The zero-order chi connectivity index (χ0) is 19.6. The third-order valence-electron chi connectivity index (χ3n) is 4.38. The Balaban J connectivity index is 1.81. The molecule has 3 aromatic rings. The molecule has 2 N–H and O–H groups in total. The number of hydrogen-bond donors (Lipinski definition) is 2.